The molecule has 128 valence electrons. The number of hydrazine groups is 1. The second kappa shape index (κ2) is 6.13. The van der Waals surface area contributed by atoms with E-state index in [4.69, 9.17) is 11.6 Å². The molecular weight excluding hydrogens is 342 g/mol. The van der Waals surface area contributed by atoms with Crippen LogP contribution in [0, 0.1) is 10.1 Å². The summed E-state index contributed by atoms with van der Waals surface area (Å²) in [6, 6.07) is 14.3. The van der Waals surface area contributed by atoms with Gasteiger partial charge in [-0.1, -0.05) is 54.1 Å². The van der Waals surface area contributed by atoms with E-state index in [1.54, 1.807) is 29.3 Å². The summed E-state index contributed by atoms with van der Waals surface area (Å²) in [6.45, 7) is 0.486. The molecule has 25 heavy (non-hydrogen) atoms. The Balaban J connectivity index is 1.85. The fourth-order valence-corrected chi connectivity index (χ4v) is 4.03. The molecular formula is C18H16ClN3O3. The topological polar surface area (TPSA) is 66.7 Å². The predicted molar refractivity (Wildman–Crippen MR) is 92.3 cm³/mol. The van der Waals surface area contributed by atoms with E-state index in [0.29, 0.717) is 18.0 Å². The van der Waals surface area contributed by atoms with E-state index >= 15 is 0 Å². The summed E-state index contributed by atoms with van der Waals surface area (Å²) >= 11 is 5.96. The van der Waals surface area contributed by atoms with Gasteiger partial charge in [0.25, 0.3) is 6.04 Å². The highest BCUT2D eigenvalue weighted by Gasteiger charge is 2.59. The number of benzene rings is 2. The zero-order valence-electron chi connectivity index (χ0n) is 13.3. The first-order chi connectivity index (χ1) is 12.1. The minimum absolute atomic E-state index is 0.0721. The molecule has 2 aliphatic heterocycles. The van der Waals surface area contributed by atoms with Crippen molar-refractivity contribution in [3.05, 3.63) is 80.9 Å². The summed E-state index contributed by atoms with van der Waals surface area (Å²) in [5, 5.41) is 16.0. The highest BCUT2D eigenvalue weighted by Crippen LogP contribution is 2.48. The molecule has 2 fully saturated rings. The van der Waals surface area contributed by atoms with Gasteiger partial charge >= 0.3 is 0 Å². The lowest BCUT2D eigenvalue weighted by Crippen LogP contribution is -2.35. The minimum Gasteiger partial charge on any atom is -0.273 e. The second-order valence-electron chi connectivity index (χ2n) is 6.28. The minimum atomic E-state index is -0.937. The van der Waals surface area contributed by atoms with Gasteiger partial charge in [-0.15, -0.1) is 0 Å². The second-order valence-corrected chi connectivity index (χ2v) is 6.72. The molecule has 2 aromatic carbocycles. The summed E-state index contributed by atoms with van der Waals surface area (Å²) < 4.78 is 0. The number of carbonyl (C=O) groups excluding carboxylic acids is 1. The molecule has 2 aromatic rings. The molecule has 0 N–H and O–H groups in total. The lowest BCUT2D eigenvalue weighted by molar-refractivity contribution is -0.530. The van der Waals surface area contributed by atoms with Crippen LogP contribution in [-0.4, -0.2) is 33.4 Å². The highest BCUT2D eigenvalue weighted by molar-refractivity contribution is 6.30. The van der Waals surface area contributed by atoms with Gasteiger partial charge in [0.2, 0.25) is 5.91 Å². The van der Waals surface area contributed by atoms with Crippen LogP contribution < -0.4 is 0 Å². The van der Waals surface area contributed by atoms with Crippen molar-refractivity contribution in [3.8, 4) is 0 Å². The van der Waals surface area contributed by atoms with Gasteiger partial charge in [0, 0.05) is 22.9 Å². The molecule has 1 amide bonds. The number of nitro groups is 1. The summed E-state index contributed by atoms with van der Waals surface area (Å²) in [4.78, 5) is 24.2. The fourth-order valence-electron chi connectivity index (χ4n) is 3.91. The summed E-state index contributed by atoms with van der Waals surface area (Å²) in [7, 11) is 0. The zero-order valence-corrected chi connectivity index (χ0v) is 14.0. The molecule has 0 bridgehead atoms. The number of halogens is 1. The van der Waals surface area contributed by atoms with Gasteiger partial charge in [0.05, 0.1) is 0 Å². The van der Waals surface area contributed by atoms with Crippen molar-refractivity contribution in [3.63, 3.8) is 0 Å². The van der Waals surface area contributed by atoms with Crippen LogP contribution in [0.25, 0.3) is 0 Å². The van der Waals surface area contributed by atoms with Crippen LogP contribution in [0.1, 0.15) is 29.6 Å². The number of carbonyl (C=O) groups is 1. The molecule has 6 nitrogen and oxygen atoms in total. The normalized spacial score (nSPS) is 26.0. The number of rotatable bonds is 3. The number of amides is 1. The average molecular weight is 358 g/mol. The van der Waals surface area contributed by atoms with Gasteiger partial charge in [-0.25, -0.2) is 5.01 Å². The Morgan fingerprint density at radius 3 is 2.28 bits per heavy atom. The van der Waals surface area contributed by atoms with E-state index in [2.05, 4.69) is 0 Å². The van der Waals surface area contributed by atoms with Crippen LogP contribution in [0.4, 0.5) is 0 Å². The summed E-state index contributed by atoms with van der Waals surface area (Å²) in [5.41, 5.74) is 1.57. The first-order valence-corrected chi connectivity index (χ1v) is 8.48. The quantitative estimate of drug-likeness (QED) is 0.624. The number of nitrogens with zero attached hydrogens (tertiary/aromatic N) is 3. The Morgan fingerprint density at radius 2 is 1.64 bits per heavy atom. The largest absolute Gasteiger partial charge is 0.273 e. The SMILES string of the molecule is O=C1CCN2[C@H](c3ccc(Cl)cc3)[C@@H]([N+](=O)[O-])[C@H](c3ccccc3)N12. The highest BCUT2D eigenvalue weighted by atomic mass is 35.5. The molecule has 0 saturated carbocycles. The van der Waals surface area contributed by atoms with Crippen molar-refractivity contribution >= 4 is 17.5 Å². The molecule has 2 heterocycles. The third-order valence-corrected chi connectivity index (χ3v) is 5.17. The Morgan fingerprint density at radius 1 is 1.00 bits per heavy atom. The maximum absolute atomic E-state index is 12.5. The lowest BCUT2D eigenvalue weighted by atomic mass is 9.91. The van der Waals surface area contributed by atoms with Crippen molar-refractivity contribution < 1.29 is 9.72 Å². The maximum atomic E-state index is 12.5. The van der Waals surface area contributed by atoms with Crippen molar-refractivity contribution in [2.45, 2.75) is 24.5 Å². The van der Waals surface area contributed by atoms with Gasteiger partial charge in [-0.2, -0.15) is 0 Å². The van der Waals surface area contributed by atoms with E-state index < -0.39 is 18.1 Å². The summed E-state index contributed by atoms with van der Waals surface area (Å²) in [5.74, 6) is -0.0721. The Kier molecular flexibility index (Phi) is 3.94. The van der Waals surface area contributed by atoms with E-state index in [1.165, 1.54) is 0 Å². The number of hydrogen-bond donors (Lipinski definition) is 0. The monoisotopic (exact) mass is 357 g/mol. The molecule has 0 aliphatic carbocycles. The van der Waals surface area contributed by atoms with E-state index in [1.807, 2.05) is 35.3 Å². The molecule has 4 rings (SSSR count). The third-order valence-electron chi connectivity index (χ3n) is 4.91. The van der Waals surface area contributed by atoms with Gasteiger partial charge in [-0.3, -0.25) is 19.9 Å². The van der Waals surface area contributed by atoms with Crippen LogP contribution in [0.5, 0.6) is 0 Å². The van der Waals surface area contributed by atoms with Gasteiger partial charge in [0.15, 0.2) is 0 Å². The molecule has 0 unspecified atom stereocenters. The van der Waals surface area contributed by atoms with E-state index in [0.717, 1.165) is 11.1 Å². The Hall–Kier alpha value is -2.44. The standard InChI is InChI=1S/C18H16ClN3O3/c19-14-8-6-13(7-9-14)16-18(22(24)25)17(12-4-2-1-3-5-12)21-15(23)10-11-20(16)21/h1-9,16-18H,10-11H2/t16-,17+,18-/m1/s1. The van der Waals surface area contributed by atoms with Crippen LogP contribution in [0.2, 0.25) is 5.02 Å². The van der Waals surface area contributed by atoms with Gasteiger partial charge in [-0.05, 0) is 23.3 Å². The Bertz CT molecular complexity index is 812. The molecule has 0 aromatic heterocycles. The van der Waals surface area contributed by atoms with Crippen LogP contribution >= 0.6 is 11.6 Å². The van der Waals surface area contributed by atoms with Crippen LogP contribution in [0.3, 0.4) is 0 Å². The lowest BCUT2D eigenvalue weighted by Gasteiger charge is -2.26. The van der Waals surface area contributed by atoms with Crippen LogP contribution in [-0.2, 0) is 4.79 Å². The third kappa shape index (κ3) is 2.58. The molecule has 2 aliphatic rings. The van der Waals surface area contributed by atoms with Crippen LogP contribution in [0.15, 0.2) is 54.6 Å². The molecule has 0 radical (unpaired) electrons. The van der Waals surface area contributed by atoms with E-state index in [-0.39, 0.29) is 10.8 Å². The Labute approximate surface area is 149 Å². The van der Waals surface area contributed by atoms with Crippen molar-refractivity contribution in [1.82, 2.24) is 10.0 Å². The molecule has 2 saturated heterocycles. The zero-order chi connectivity index (χ0) is 17.6. The van der Waals surface area contributed by atoms with Crippen molar-refractivity contribution in [2.75, 3.05) is 6.54 Å². The number of fused-ring (bicyclic) bond motifs is 1. The first-order valence-electron chi connectivity index (χ1n) is 8.10. The van der Waals surface area contributed by atoms with Gasteiger partial charge < -0.3 is 0 Å². The smallest absolute Gasteiger partial charge is 0.259 e. The van der Waals surface area contributed by atoms with Gasteiger partial charge in [0.1, 0.15) is 12.1 Å². The molecule has 3 atom stereocenters. The van der Waals surface area contributed by atoms with Crippen molar-refractivity contribution in [2.24, 2.45) is 0 Å². The van der Waals surface area contributed by atoms with Crippen molar-refractivity contribution in [1.29, 1.82) is 0 Å². The van der Waals surface area contributed by atoms with E-state index in [9.17, 15) is 14.9 Å². The number of hydrogen-bond acceptors (Lipinski definition) is 4. The molecule has 7 heteroatoms. The predicted octanol–water partition coefficient (Wildman–Crippen LogP) is 3.23. The first kappa shape index (κ1) is 16.1. The fraction of sp³-hybridized carbons (Fsp3) is 0.278. The summed E-state index contributed by atoms with van der Waals surface area (Å²) in [6.07, 6.45) is 0.373. The molecule has 0 spiro atoms. The average Bonchev–Trinajstić information content (AvgIpc) is 3.15. The maximum Gasteiger partial charge on any atom is 0.259 e.